The van der Waals surface area contributed by atoms with Crippen LogP contribution < -0.4 is 14.4 Å². The van der Waals surface area contributed by atoms with E-state index in [1.165, 1.54) is 49.3 Å². The number of nitro groups is 1. The number of carbonyl (C=O) groups is 2. The summed E-state index contributed by atoms with van der Waals surface area (Å²) in [5.41, 5.74) is 1.63. The van der Waals surface area contributed by atoms with Crippen molar-refractivity contribution in [3.8, 4) is 5.75 Å². The minimum Gasteiger partial charge on any atom is -0.495 e. The Balaban J connectivity index is 1.81. The quantitative estimate of drug-likeness (QED) is 0.176. The molecule has 46 heavy (non-hydrogen) atoms. The van der Waals surface area contributed by atoms with E-state index in [0.29, 0.717) is 0 Å². The Kier molecular flexibility index (Phi) is 11.3. The Morgan fingerprint density at radius 2 is 1.74 bits per heavy atom. The van der Waals surface area contributed by atoms with Gasteiger partial charge in [-0.05, 0) is 62.9 Å². The molecule has 3 aromatic rings. The van der Waals surface area contributed by atoms with Gasteiger partial charge in [-0.15, -0.1) is 0 Å². The number of aryl methyl sites for hydroxylation is 2. The van der Waals surface area contributed by atoms with Gasteiger partial charge in [-0.2, -0.15) is 0 Å². The van der Waals surface area contributed by atoms with Crippen molar-refractivity contribution in [1.82, 2.24) is 10.2 Å². The minimum absolute atomic E-state index is 0.0165. The van der Waals surface area contributed by atoms with E-state index in [9.17, 15) is 28.1 Å². The molecule has 0 aliphatic heterocycles. The highest BCUT2D eigenvalue weighted by atomic mass is 35.5. The van der Waals surface area contributed by atoms with Crippen LogP contribution in [0.2, 0.25) is 5.02 Å². The number of anilines is 1. The second-order valence-corrected chi connectivity index (χ2v) is 13.8. The lowest BCUT2D eigenvalue weighted by molar-refractivity contribution is -0.385. The number of benzene rings is 3. The zero-order valence-electron chi connectivity index (χ0n) is 26.4. The third-order valence-corrected chi connectivity index (χ3v) is 10.2. The summed E-state index contributed by atoms with van der Waals surface area (Å²) in [6.45, 7) is 4.55. The highest BCUT2D eigenvalue weighted by Gasteiger charge is 2.36. The molecule has 1 fully saturated rings. The second kappa shape index (κ2) is 15.0. The predicted molar refractivity (Wildman–Crippen MR) is 177 cm³/mol. The van der Waals surface area contributed by atoms with Crippen molar-refractivity contribution >= 4 is 44.8 Å². The summed E-state index contributed by atoms with van der Waals surface area (Å²) in [5, 5.41) is 15.0. The number of nitro benzene ring substituents is 1. The molecule has 246 valence electrons. The Morgan fingerprint density at radius 3 is 2.35 bits per heavy atom. The summed E-state index contributed by atoms with van der Waals surface area (Å²) in [5.74, 6) is -0.849. The van der Waals surface area contributed by atoms with Gasteiger partial charge in [0.15, 0.2) is 0 Å². The molecule has 2 amide bonds. The molecule has 1 atom stereocenters. The number of carbonyl (C=O) groups excluding carboxylic acids is 2. The van der Waals surface area contributed by atoms with Crippen molar-refractivity contribution < 1.29 is 27.7 Å². The maximum Gasteiger partial charge on any atom is 0.273 e. The Labute approximate surface area is 274 Å². The summed E-state index contributed by atoms with van der Waals surface area (Å²) in [6, 6.07) is 14.5. The molecule has 1 saturated carbocycles. The Morgan fingerprint density at radius 1 is 1.07 bits per heavy atom. The van der Waals surface area contributed by atoms with Gasteiger partial charge in [-0.3, -0.25) is 24.0 Å². The maximum absolute atomic E-state index is 14.4. The molecule has 4 rings (SSSR count). The number of sulfonamides is 1. The molecule has 0 spiro atoms. The third-order valence-electron chi connectivity index (χ3n) is 8.21. The number of hydrogen-bond donors (Lipinski definition) is 1. The maximum atomic E-state index is 14.4. The standard InChI is InChI=1S/C33H39ClN4O7S/c1-5-28(33(40)35-26-8-6-7-9-26)36(20-24-13-10-22(2)11-14-24)32(39)21-37(30-18-25(34)15-17-31(30)45-4)46(43,44)27-16-12-23(3)29(19-27)38(41)42/h10-19,26,28H,5-9,20-21H2,1-4H3,(H,35,40)/t28-/m1/s1. The SMILES string of the molecule is CC[C@H](C(=O)NC1CCCC1)N(Cc1ccc(C)cc1)C(=O)CN(c1cc(Cl)ccc1OC)S(=O)(=O)c1ccc(C)c([N+](=O)[O-])c1. The lowest BCUT2D eigenvalue weighted by Crippen LogP contribution is -2.53. The number of amides is 2. The molecule has 13 heteroatoms. The lowest BCUT2D eigenvalue weighted by atomic mass is 10.1. The molecule has 0 unspecified atom stereocenters. The molecule has 3 aromatic carbocycles. The third kappa shape index (κ3) is 7.97. The molecule has 0 bridgehead atoms. The number of hydrogen-bond acceptors (Lipinski definition) is 7. The van der Waals surface area contributed by atoms with Crippen molar-refractivity contribution in [1.29, 1.82) is 0 Å². The minimum atomic E-state index is -4.61. The van der Waals surface area contributed by atoms with Crippen molar-refractivity contribution in [2.45, 2.75) is 76.4 Å². The normalized spacial score (nSPS) is 14.0. The largest absolute Gasteiger partial charge is 0.495 e. The van der Waals surface area contributed by atoms with Gasteiger partial charge >= 0.3 is 0 Å². The van der Waals surface area contributed by atoms with Crippen LogP contribution in [0.3, 0.4) is 0 Å². The Bertz CT molecular complexity index is 1690. The van der Waals surface area contributed by atoms with Crippen molar-refractivity contribution in [2.75, 3.05) is 18.0 Å². The molecule has 11 nitrogen and oxygen atoms in total. The first-order valence-corrected chi connectivity index (χ1v) is 16.9. The summed E-state index contributed by atoms with van der Waals surface area (Å²) in [4.78, 5) is 40.1. The number of rotatable bonds is 13. The molecular formula is C33H39ClN4O7S. The fraction of sp³-hybridized carbons (Fsp3) is 0.394. The number of halogens is 1. The molecule has 1 aliphatic carbocycles. The first-order chi connectivity index (χ1) is 21.8. The fourth-order valence-electron chi connectivity index (χ4n) is 5.62. The van der Waals surface area contributed by atoms with Crippen LogP contribution in [-0.4, -0.2) is 55.8 Å². The van der Waals surface area contributed by atoms with Crippen molar-refractivity contribution in [3.63, 3.8) is 0 Å². The van der Waals surface area contributed by atoms with Crippen LogP contribution in [-0.2, 0) is 26.2 Å². The predicted octanol–water partition coefficient (Wildman–Crippen LogP) is 5.94. The van der Waals surface area contributed by atoms with Crippen LogP contribution in [0.15, 0.2) is 65.6 Å². The van der Waals surface area contributed by atoms with Gasteiger partial charge < -0.3 is 15.0 Å². The molecule has 0 radical (unpaired) electrons. The highest BCUT2D eigenvalue weighted by Crippen LogP contribution is 2.36. The average Bonchev–Trinajstić information content (AvgIpc) is 3.53. The zero-order chi connectivity index (χ0) is 33.6. The first-order valence-electron chi connectivity index (χ1n) is 15.1. The number of ether oxygens (including phenoxy) is 1. The van der Waals surface area contributed by atoms with Gasteiger partial charge in [0.1, 0.15) is 18.3 Å². The monoisotopic (exact) mass is 670 g/mol. The van der Waals surface area contributed by atoms with Crippen LogP contribution >= 0.6 is 11.6 Å². The number of nitrogens with one attached hydrogen (secondary N) is 1. The summed E-state index contributed by atoms with van der Waals surface area (Å²) in [6.07, 6.45) is 4.03. The zero-order valence-corrected chi connectivity index (χ0v) is 27.9. The van der Waals surface area contributed by atoms with Crippen LogP contribution in [0.5, 0.6) is 5.75 Å². The summed E-state index contributed by atoms with van der Waals surface area (Å²) < 4.78 is 34.9. The van der Waals surface area contributed by atoms with E-state index in [4.69, 9.17) is 16.3 Å². The van der Waals surface area contributed by atoms with E-state index < -0.39 is 38.3 Å². The molecule has 1 aliphatic rings. The van der Waals surface area contributed by atoms with Crippen LogP contribution in [0.25, 0.3) is 0 Å². The molecule has 1 N–H and O–H groups in total. The highest BCUT2D eigenvalue weighted by molar-refractivity contribution is 7.92. The molecular weight excluding hydrogens is 632 g/mol. The molecule has 0 aromatic heterocycles. The van der Waals surface area contributed by atoms with E-state index >= 15 is 0 Å². The smallest absolute Gasteiger partial charge is 0.273 e. The number of nitrogens with zero attached hydrogens (tertiary/aromatic N) is 3. The van der Waals surface area contributed by atoms with E-state index in [-0.39, 0.29) is 52.6 Å². The van der Waals surface area contributed by atoms with Gasteiger partial charge in [0.2, 0.25) is 11.8 Å². The summed E-state index contributed by atoms with van der Waals surface area (Å²) in [7, 11) is -3.26. The van der Waals surface area contributed by atoms with Crippen LogP contribution in [0.1, 0.15) is 55.7 Å². The number of methoxy groups -OCH3 is 1. The summed E-state index contributed by atoms with van der Waals surface area (Å²) >= 11 is 6.30. The van der Waals surface area contributed by atoms with Crippen molar-refractivity contribution in [3.05, 3.63) is 92.5 Å². The van der Waals surface area contributed by atoms with Gasteiger partial charge in [0.25, 0.3) is 15.7 Å². The van der Waals surface area contributed by atoms with Crippen molar-refractivity contribution in [2.24, 2.45) is 0 Å². The van der Waals surface area contributed by atoms with Gasteiger partial charge in [0, 0.05) is 29.2 Å². The topological polar surface area (TPSA) is 139 Å². The van der Waals surface area contributed by atoms with Crippen LogP contribution in [0, 0.1) is 24.0 Å². The fourth-order valence-corrected chi connectivity index (χ4v) is 7.23. The lowest BCUT2D eigenvalue weighted by Gasteiger charge is -2.34. The Hall–Kier alpha value is -4.16. The van der Waals surface area contributed by atoms with Crippen LogP contribution in [0.4, 0.5) is 11.4 Å². The molecule has 0 saturated heterocycles. The molecule has 0 heterocycles. The van der Waals surface area contributed by atoms with Gasteiger partial charge in [0.05, 0.1) is 22.6 Å². The van der Waals surface area contributed by atoms with Gasteiger partial charge in [-0.25, -0.2) is 8.42 Å². The second-order valence-electron chi connectivity index (χ2n) is 11.5. The average molecular weight is 671 g/mol. The van der Waals surface area contributed by atoms with E-state index in [1.807, 2.05) is 31.2 Å². The van der Waals surface area contributed by atoms with E-state index in [0.717, 1.165) is 47.2 Å². The van der Waals surface area contributed by atoms with E-state index in [1.54, 1.807) is 6.92 Å². The van der Waals surface area contributed by atoms with Gasteiger partial charge in [-0.1, -0.05) is 67.3 Å². The van der Waals surface area contributed by atoms with E-state index in [2.05, 4.69) is 5.32 Å². The first kappa shape index (κ1) is 34.7.